The summed E-state index contributed by atoms with van der Waals surface area (Å²) < 4.78 is 1.04. The van der Waals surface area contributed by atoms with Crippen molar-refractivity contribution in [3.05, 3.63) is 34.3 Å². The lowest BCUT2D eigenvalue weighted by Gasteiger charge is -2.22. The van der Waals surface area contributed by atoms with E-state index in [-0.39, 0.29) is 24.3 Å². The van der Waals surface area contributed by atoms with Crippen LogP contribution in [0.4, 0.5) is 0 Å². The predicted molar refractivity (Wildman–Crippen MR) is 85.9 cm³/mol. The zero-order valence-electron chi connectivity index (χ0n) is 12.7. The third-order valence-electron chi connectivity index (χ3n) is 3.92. The fourth-order valence-electron chi connectivity index (χ4n) is 2.43. The fourth-order valence-corrected chi connectivity index (χ4v) is 2.70. The van der Waals surface area contributed by atoms with Crippen molar-refractivity contribution in [3.8, 4) is 0 Å². The Morgan fingerprint density at radius 2 is 1.86 bits per heavy atom. The Hall–Kier alpha value is -1.36. The zero-order chi connectivity index (χ0) is 15.6. The molecule has 1 fully saturated rings. The van der Waals surface area contributed by atoms with E-state index in [1.807, 2.05) is 19.1 Å². The van der Waals surface area contributed by atoms with Gasteiger partial charge in [0.2, 0.25) is 11.8 Å². The van der Waals surface area contributed by atoms with Crippen LogP contribution in [0, 0.1) is 5.92 Å². The number of rotatable bonds is 5. The van der Waals surface area contributed by atoms with Crippen molar-refractivity contribution >= 4 is 27.7 Å². The lowest BCUT2D eigenvalue weighted by molar-refractivity contribution is -0.139. The highest BCUT2D eigenvalue weighted by molar-refractivity contribution is 9.10. The first-order valence-corrected chi connectivity index (χ1v) is 7.97. The average molecular weight is 353 g/mol. The first-order chi connectivity index (χ1) is 9.93. The predicted octanol–water partition coefficient (Wildman–Crippen LogP) is 2.49. The molecule has 114 valence electrons. The summed E-state index contributed by atoms with van der Waals surface area (Å²) in [7, 11) is 3.42. The molecule has 0 radical (unpaired) electrons. The summed E-state index contributed by atoms with van der Waals surface area (Å²) in [5, 5.41) is 0. The molecule has 0 unspecified atom stereocenters. The van der Waals surface area contributed by atoms with Crippen molar-refractivity contribution in [1.29, 1.82) is 0 Å². The molecule has 21 heavy (non-hydrogen) atoms. The Labute approximate surface area is 134 Å². The van der Waals surface area contributed by atoms with Crippen molar-refractivity contribution in [2.45, 2.75) is 19.3 Å². The molecule has 0 heterocycles. The first kappa shape index (κ1) is 16.0. The van der Waals surface area contributed by atoms with Gasteiger partial charge in [-0.05, 0) is 37.0 Å². The summed E-state index contributed by atoms with van der Waals surface area (Å²) in [6.45, 7) is 2.66. The van der Waals surface area contributed by atoms with Gasteiger partial charge in [-0.15, -0.1) is 0 Å². The molecular formula is C16H21BrN2O2. The number of hydrogen-bond donors (Lipinski definition) is 0. The van der Waals surface area contributed by atoms with Crippen LogP contribution in [0.25, 0.3) is 0 Å². The third kappa shape index (κ3) is 3.84. The van der Waals surface area contributed by atoms with Crippen LogP contribution in [0.1, 0.15) is 24.8 Å². The summed E-state index contributed by atoms with van der Waals surface area (Å²) in [4.78, 5) is 27.4. The summed E-state index contributed by atoms with van der Waals surface area (Å²) in [5.74, 6) is 0.391. The van der Waals surface area contributed by atoms with E-state index in [1.165, 1.54) is 10.5 Å². The van der Waals surface area contributed by atoms with E-state index in [9.17, 15) is 9.59 Å². The van der Waals surface area contributed by atoms with Gasteiger partial charge in [0.25, 0.3) is 0 Å². The van der Waals surface area contributed by atoms with Crippen LogP contribution in [-0.4, -0.2) is 48.8 Å². The number of carbonyl (C=O) groups excluding carboxylic acids is 2. The average Bonchev–Trinajstić information content (AvgIpc) is 3.24. The van der Waals surface area contributed by atoms with Crippen LogP contribution in [0.15, 0.2) is 28.7 Å². The lowest BCUT2D eigenvalue weighted by Crippen LogP contribution is -2.41. The maximum atomic E-state index is 12.5. The molecule has 2 rings (SSSR count). The molecule has 1 aromatic rings. The molecule has 5 heteroatoms. The Balaban J connectivity index is 1.97. The normalized spacial score (nSPS) is 20.0. The molecule has 0 bridgehead atoms. The number of halogens is 1. The zero-order valence-corrected chi connectivity index (χ0v) is 14.3. The summed E-state index contributed by atoms with van der Waals surface area (Å²) >= 11 is 3.42. The van der Waals surface area contributed by atoms with Gasteiger partial charge in [0.1, 0.15) is 0 Å². The van der Waals surface area contributed by atoms with Crippen LogP contribution in [0.2, 0.25) is 0 Å². The Kier molecular flexibility index (Phi) is 5.04. The quantitative estimate of drug-likeness (QED) is 0.816. The van der Waals surface area contributed by atoms with E-state index in [4.69, 9.17) is 0 Å². The SMILES string of the molecule is CCN(CC(=O)N(C)C)C(=O)[C@H]1C[C@@H]1c1ccc(Br)cc1. The highest BCUT2D eigenvalue weighted by Gasteiger charge is 2.45. The number of amides is 2. The number of hydrogen-bond acceptors (Lipinski definition) is 2. The highest BCUT2D eigenvalue weighted by atomic mass is 79.9. The van der Waals surface area contributed by atoms with E-state index >= 15 is 0 Å². The van der Waals surface area contributed by atoms with Crippen molar-refractivity contribution in [1.82, 2.24) is 9.80 Å². The molecule has 0 aliphatic heterocycles. The first-order valence-electron chi connectivity index (χ1n) is 7.18. The van der Waals surface area contributed by atoms with Gasteiger partial charge in [-0.1, -0.05) is 28.1 Å². The standard InChI is InChI=1S/C16H21BrN2O2/c1-4-19(10-15(20)18(2)3)16(21)14-9-13(14)11-5-7-12(17)8-6-11/h5-8,13-14H,4,9-10H2,1-3H3/t13-,14+/m1/s1. The highest BCUT2D eigenvalue weighted by Crippen LogP contribution is 2.48. The van der Waals surface area contributed by atoms with Gasteiger partial charge in [-0.2, -0.15) is 0 Å². The van der Waals surface area contributed by atoms with Gasteiger partial charge in [0, 0.05) is 31.0 Å². The number of nitrogens with zero attached hydrogens (tertiary/aromatic N) is 2. The van der Waals surface area contributed by atoms with Crippen LogP contribution in [-0.2, 0) is 9.59 Å². The second kappa shape index (κ2) is 6.60. The fraction of sp³-hybridized carbons (Fsp3) is 0.500. The molecule has 0 spiro atoms. The molecular weight excluding hydrogens is 332 g/mol. The molecule has 1 saturated carbocycles. The maximum Gasteiger partial charge on any atom is 0.241 e. The van der Waals surface area contributed by atoms with Gasteiger partial charge in [0.15, 0.2) is 0 Å². The second-order valence-corrected chi connectivity index (χ2v) is 6.56. The number of carbonyl (C=O) groups is 2. The molecule has 0 saturated heterocycles. The molecule has 0 N–H and O–H groups in total. The second-order valence-electron chi connectivity index (χ2n) is 5.64. The lowest BCUT2D eigenvalue weighted by atomic mass is 10.1. The third-order valence-corrected chi connectivity index (χ3v) is 4.45. The van der Waals surface area contributed by atoms with Crippen molar-refractivity contribution < 1.29 is 9.59 Å². The van der Waals surface area contributed by atoms with E-state index < -0.39 is 0 Å². The maximum absolute atomic E-state index is 12.5. The Morgan fingerprint density at radius 3 is 2.38 bits per heavy atom. The minimum absolute atomic E-state index is 0.0288. The molecule has 1 aliphatic rings. The van der Waals surface area contributed by atoms with Gasteiger partial charge in [-0.3, -0.25) is 9.59 Å². The Bertz CT molecular complexity index is 528. The molecule has 1 aliphatic carbocycles. The van der Waals surface area contributed by atoms with Crippen molar-refractivity contribution in [2.75, 3.05) is 27.2 Å². The summed E-state index contributed by atoms with van der Waals surface area (Å²) in [6.07, 6.45) is 0.882. The minimum Gasteiger partial charge on any atom is -0.347 e. The Morgan fingerprint density at radius 1 is 1.24 bits per heavy atom. The molecule has 1 aromatic carbocycles. The molecule has 4 nitrogen and oxygen atoms in total. The summed E-state index contributed by atoms with van der Waals surface area (Å²) in [5.41, 5.74) is 1.20. The van der Waals surface area contributed by atoms with Crippen LogP contribution in [0.3, 0.4) is 0 Å². The van der Waals surface area contributed by atoms with Crippen LogP contribution >= 0.6 is 15.9 Å². The van der Waals surface area contributed by atoms with Crippen LogP contribution in [0.5, 0.6) is 0 Å². The smallest absolute Gasteiger partial charge is 0.241 e. The summed E-state index contributed by atoms with van der Waals surface area (Å²) in [6, 6.07) is 8.12. The van der Waals surface area contributed by atoms with E-state index in [1.54, 1.807) is 19.0 Å². The van der Waals surface area contributed by atoms with Crippen LogP contribution < -0.4 is 0 Å². The number of likely N-dealkylation sites (N-methyl/N-ethyl adjacent to an activating group) is 2. The van der Waals surface area contributed by atoms with Crippen molar-refractivity contribution in [2.24, 2.45) is 5.92 Å². The molecule has 0 aromatic heterocycles. The van der Waals surface area contributed by atoms with Gasteiger partial charge >= 0.3 is 0 Å². The van der Waals surface area contributed by atoms with E-state index in [0.717, 1.165) is 10.9 Å². The van der Waals surface area contributed by atoms with E-state index in [0.29, 0.717) is 12.5 Å². The van der Waals surface area contributed by atoms with E-state index in [2.05, 4.69) is 28.1 Å². The number of benzene rings is 1. The largest absolute Gasteiger partial charge is 0.347 e. The van der Waals surface area contributed by atoms with Gasteiger partial charge in [-0.25, -0.2) is 0 Å². The molecule has 2 atom stereocenters. The van der Waals surface area contributed by atoms with Crippen molar-refractivity contribution in [3.63, 3.8) is 0 Å². The van der Waals surface area contributed by atoms with Gasteiger partial charge in [0.05, 0.1) is 6.54 Å². The minimum atomic E-state index is -0.0361. The van der Waals surface area contributed by atoms with Gasteiger partial charge < -0.3 is 9.80 Å². The monoisotopic (exact) mass is 352 g/mol. The topological polar surface area (TPSA) is 40.6 Å². The molecule has 2 amide bonds.